The number of carboxylic acids is 1. The first-order valence-electron chi connectivity index (χ1n) is 16.9. The van der Waals surface area contributed by atoms with Crippen molar-refractivity contribution in [1.29, 1.82) is 0 Å². The van der Waals surface area contributed by atoms with E-state index in [1.165, 1.54) is 11.0 Å². The van der Waals surface area contributed by atoms with E-state index in [1.807, 2.05) is 48.5 Å². The van der Waals surface area contributed by atoms with E-state index in [4.69, 9.17) is 14.2 Å². The van der Waals surface area contributed by atoms with Gasteiger partial charge in [0.15, 0.2) is 5.69 Å². The van der Waals surface area contributed by atoms with Crippen molar-refractivity contribution in [3.05, 3.63) is 66.1 Å². The minimum absolute atomic E-state index is 0.0277. The standard InChI is InChI=1S/C36H37F2N5O7/c1-20-15-28(42-50-20)30(44)39-27-13-3-2-8-14-35(37,38)17-21-18-36(21,34(47)48)41-31(45)29-16-22(19-43(29)33(27)46)49-32-25-11-5-4-9-23(25)24-10-6-7-12-26(24)40-32/h4-7,9-12,15,21-22,27,29H,2-3,8,13-14,16-19H2,1H3,(H,39,44)(H,41,45)(H,47,48)/t21-,22-,27+,29+,36-/m1/s1. The smallest absolute Gasteiger partial charge is 0.329 e. The number of aliphatic carboxylic acids is 1. The molecule has 0 bridgehead atoms. The lowest BCUT2D eigenvalue weighted by molar-refractivity contribution is -0.146. The minimum atomic E-state index is -3.13. The molecular weight excluding hydrogens is 652 g/mol. The van der Waals surface area contributed by atoms with Crippen LogP contribution < -0.4 is 15.4 Å². The molecule has 50 heavy (non-hydrogen) atoms. The fourth-order valence-electron chi connectivity index (χ4n) is 7.38. The Kier molecular flexibility index (Phi) is 8.64. The number of aromatic nitrogens is 2. The van der Waals surface area contributed by atoms with Crippen LogP contribution in [0.2, 0.25) is 0 Å². The molecule has 2 aliphatic heterocycles. The van der Waals surface area contributed by atoms with Crippen molar-refractivity contribution in [2.45, 2.75) is 87.9 Å². The van der Waals surface area contributed by atoms with Crippen molar-refractivity contribution < 1.29 is 42.3 Å². The second-order valence-electron chi connectivity index (χ2n) is 13.6. The van der Waals surface area contributed by atoms with Gasteiger partial charge in [-0.1, -0.05) is 54.4 Å². The Balaban J connectivity index is 1.22. The van der Waals surface area contributed by atoms with Crippen molar-refractivity contribution in [2.24, 2.45) is 5.92 Å². The Hall–Kier alpha value is -5.14. The summed E-state index contributed by atoms with van der Waals surface area (Å²) in [5, 5.41) is 21.7. The lowest BCUT2D eigenvalue weighted by atomic mass is 10.00. The highest BCUT2D eigenvalue weighted by atomic mass is 19.3. The summed E-state index contributed by atoms with van der Waals surface area (Å²) in [7, 11) is 0. The molecule has 3 fully saturated rings. The first kappa shape index (κ1) is 33.4. The maximum absolute atomic E-state index is 15.0. The quantitative estimate of drug-likeness (QED) is 0.250. The van der Waals surface area contributed by atoms with Crippen LogP contribution in [0.3, 0.4) is 0 Å². The number of pyridine rings is 1. The average molecular weight is 690 g/mol. The molecule has 0 spiro atoms. The molecule has 3 aliphatic rings. The molecule has 12 nitrogen and oxygen atoms in total. The second kappa shape index (κ2) is 13.0. The predicted octanol–water partition coefficient (Wildman–Crippen LogP) is 4.78. The normalized spacial score (nSPS) is 27.1. The minimum Gasteiger partial charge on any atom is -0.479 e. The number of para-hydroxylation sites is 1. The Labute approximate surface area is 285 Å². The van der Waals surface area contributed by atoms with Crippen LogP contribution >= 0.6 is 0 Å². The number of halogens is 2. The molecule has 2 aromatic carbocycles. The molecule has 2 aromatic heterocycles. The number of hydrogen-bond donors (Lipinski definition) is 3. The summed E-state index contributed by atoms with van der Waals surface area (Å²) >= 11 is 0. The SMILES string of the molecule is Cc1cc(C(=O)N[C@H]2CCCCCC(F)(F)C[C@@H]3C[C@@]3(C(=O)O)NC(=O)[C@@H]3C[C@@H](Oc4nc5ccccc5c5ccccc45)CN3C2=O)no1. The number of carboxylic acid groups (broad SMARTS) is 1. The lowest BCUT2D eigenvalue weighted by Crippen LogP contribution is -2.56. The van der Waals surface area contributed by atoms with Crippen molar-refractivity contribution in [1.82, 2.24) is 25.7 Å². The number of rotatable bonds is 5. The number of carbonyl (C=O) groups excluding carboxylic acids is 3. The van der Waals surface area contributed by atoms with Crippen LogP contribution in [-0.2, 0) is 14.4 Å². The number of fused-ring (bicyclic) bond motifs is 5. The molecule has 0 radical (unpaired) electrons. The molecular formula is C36H37F2N5O7. The molecule has 7 rings (SSSR count). The third-order valence-corrected chi connectivity index (χ3v) is 10.1. The predicted molar refractivity (Wildman–Crippen MR) is 176 cm³/mol. The first-order valence-corrected chi connectivity index (χ1v) is 16.9. The second-order valence-corrected chi connectivity index (χ2v) is 13.6. The third kappa shape index (κ3) is 6.46. The van der Waals surface area contributed by atoms with Gasteiger partial charge < -0.3 is 29.9 Å². The maximum atomic E-state index is 15.0. The zero-order chi connectivity index (χ0) is 35.2. The number of aryl methyl sites for hydroxylation is 1. The van der Waals surface area contributed by atoms with E-state index in [9.17, 15) is 33.1 Å². The number of nitrogens with one attached hydrogen (secondary N) is 2. The topological polar surface area (TPSA) is 164 Å². The van der Waals surface area contributed by atoms with Crippen molar-refractivity contribution in [2.75, 3.05) is 6.54 Å². The molecule has 3 N–H and O–H groups in total. The van der Waals surface area contributed by atoms with E-state index in [0.717, 1.165) is 16.2 Å². The summed E-state index contributed by atoms with van der Waals surface area (Å²) in [5.74, 6) is -6.85. The van der Waals surface area contributed by atoms with Crippen LogP contribution in [0.5, 0.6) is 5.88 Å². The van der Waals surface area contributed by atoms with E-state index < -0.39 is 72.1 Å². The maximum Gasteiger partial charge on any atom is 0.329 e. The molecule has 5 atom stereocenters. The van der Waals surface area contributed by atoms with Crippen LogP contribution in [-0.4, -0.2) is 80.0 Å². The number of hydrogen-bond acceptors (Lipinski definition) is 8. The molecule has 1 saturated carbocycles. The molecule has 2 saturated heterocycles. The van der Waals surface area contributed by atoms with Crippen LogP contribution in [0.4, 0.5) is 8.78 Å². The number of benzene rings is 2. The number of amides is 3. The molecule has 14 heteroatoms. The summed E-state index contributed by atoms with van der Waals surface area (Å²) in [6.07, 6.45) is -1.12. The number of alkyl halides is 2. The van der Waals surface area contributed by atoms with Crippen LogP contribution in [0.15, 0.2) is 59.1 Å². The summed E-state index contributed by atoms with van der Waals surface area (Å²) in [6, 6.07) is 14.2. The fourth-order valence-corrected chi connectivity index (χ4v) is 7.38. The third-order valence-electron chi connectivity index (χ3n) is 10.1. The first-order chi connectivity index (χ1) is 23.9. The van der Waals surface area contributed by atoms with Gasteiger partial charge in [0, 0.05) is 42.0 Å². The van der Waals surface area contributed by atoms with Gasteiger partial charge in [0.2, 0.25) is 23.6 Å². The van der Waals surface area contributed by atoms with Crippen molar-refractivity contribution in [3.8, 4) is 5.88 Å². The van der Waals surface area contributed by atoms with Crippen LogP contribution in [0.25, 0.3) is 21.7 Å². The van der Waals surface area contributed by atoms with Gasteiger partial charge in [0.05, 0.1) is 12.1 Å². The van der Waals surface area contributed by atoms with Crippen molar-refractivity contribution in [3.63, 3.8) is 0 Å². The molecule has 1 aliphatic carbocycles. The highest BCUT2D eigenvalue weighted by Crippen LogP contribution is 2.51. The van der Waals surface area contributed by atoms with E-state index in [2.05, 4.69) is 15.8 Å². The number of carbonyl (C=O) groups is 4. The zero-order valence-corrected chi connectivity index (χ0v) is 27.4. The summed E-state index contributed by atoms with van der Waals surface area (Å²) in [6.45, 7) is 1.54. The van der Waals surface area contributed by atoms with Crippen LogP contribution in [0.1, 0.15) is 67.6 Å². The Bertz CT molecular complexity index is 1980. The molecule has 4 aromatic rings. The molecule has 0 unspecified atom stereocenters. The molecule has 4 heterocycles. The Morgan fingerprint density at radius 2 is 1.78 bits per heavy atom. The van der Waals surface area contributed by atoms with E-state index in [0.29, 0.717) is 30.0 Å². The van der Waals surface area contributed by atoms with Gasteiger partial charge in [0.25, 0.3) is 5.91 Å². The number of ether oxygens (including phenoxy) is 1. The summed E-state index contributed by atoms with van der Waals surface area (Å²) in [4.78, 5) is 60.0. The van der Waals surface area contributed by atoms with Gasteiger partial charge in [-0.3, -0.25) is 14.4 Å². The van der Waals surface area contributed by atoms with Gasteiger partial charge in [-0.25, -0.2) is 18.6 Å². The van der Waals surface area contributed by atoms with Gasteiger partial charge >= 0.3 is 5.97 Å². The molecule has 262 valence electrons. The van der Waals surface area contributed by atoms with Crippen molar-refractivity contribution >= 4 is 45.4 Å². The fraction of sp³-hybridized carbons (Fsp3) is 0.444. The number of nitrogens with zero attached hydrogens (tertiary/aromatic N) is 3. The highest BCUT2D eigenvalue weighted by Gasteiger charge is 2.64. The van der Waals surface area contributed by atoms with Crippen LogP contribution in [0, 0.1) is 12.8 Å². The summed E-state index contributed by atoms with van der Waals surface area (Å²) in [5.41, 5.74) is -1.23. The zero-order valence-electron chi connectivity index (χ0n) is 27.4. The van der Waals surface area contributed by atoms with E-state index in [-0.39, 0.29) is 37.9 Å². The monoisotopic (exact) mass is 689 g/mol. The lowest BCUT2D eigenvalue weighted by Gasteiger charge is -2.29. The average Bonchev–Trinajstić information content (AvgIpc) is 3.37. The van der Waals surface area contributed by atoms with Gasteiger partial charge in [-0.05, 0) is 43.7 Å². The largest absolute Gasteiger partial charge is 0.479 e. The van der Waals surface area contributed by atoms with Gasteiger partial charge in [0.1, 0.15) is 29.5 Å². The van der Waals surface area contributed by atoms with Gasteiger partial charge in [-0.15, -0.1) is 0 Å². The Morgan fingerprint density at radius 3 is 2.52 bits per heavy atom. The van der Waals surface area contributed by atoms with E-state index >= 15 is 0 Å². The highest BCUT2D eigenvalue weighted by molar-refractivity contribution is 6.07. The van der Waals surface area contributed by atoms with E-state index in [1.54, 1.807) is 6.92 Å². The molecule has 3 amide bonds. The van der Waals surface area contributed by atoms with Gasteiger partial charge in [-0.2, -0.15) is 0 Å². The summed E-state index contributed by atoms with van der Waals surface area (Å²) < 4.78 is 41.4. The Morgan fingerprint density at radius 1 is 1.04 bits per heavy atom.